The van der Waals surface area contributed by atoms with Gasteiger partial charge in [-0.15, -0.1) is 10.2 Å². The number of anilines is 2. The van der Waals surface area contributed by atoms with Crippen LogP contribution in [0.25, 0.3) is 0 Å². The van der Waals surface area contributed by atoms with E-state index in [-0.39, 0.29) is 27.9 Å². The summed E-state index contributed by atoms with van der Waals surface area (Å²) in [5.41, 5.74) is 1.73. The van der Waals surface area contributed by atoms with Crippen molar-refractivity contribution in [2.24, 2.45) is 0 Å². The monoisotopic (exact) mass is 496 g/mol. The summed E-state index contributed by atoms with van der Waals surface area (Å²) in [5, 5.41) is 14.0. The lowest BCUT2D eigenvalue weighted by atomic mass is 10.1. The van der Waals surface area contributed by atoms with Crippen molar-refractivity contribution < 1.29 is 18.7 Å². The molecule has 4 aromatic rings. The lowest BCUT2D eigenvalue weighted by molar-refractivity contribution is 0.101. The second-order valence-corrected chi connectivity index (χ2v) is 8.71. The van der Waals surface area contributed by atoms with E-state index in [0.717, 1.165) is 23.0 Å². The van der Waals surface area contributed by atoms with E-state index in [2.05, 4.69) is 20.8 Å². The third kappa shape index (κ3) is 5.94. The van der Waals surface area contributed by atoms with Gasteiger partial charge < -0.3 is 15.4 Å². The molecular formula is C24H18ClFN4O3S. The van der Waals surface area contributed by atoms with Gasteiger partial charge in [-0.2, -0.15) is 0 Å². The molecule has 2 N–H and O–H groups in total. The second kappa shape index (κ2) is 10.4. The van der Waals surface area contributed by atoms with Crippen LogP contribution in [0.15, 0.2) is 66.7 Å². The van der Waals surface area contributed by atoms with Gasteiger partial charge in [0.1, 0.15) is 18.2 Å². The molecule has 4 rings (SSSR count). The molecule has 0 aliphatic carbocycles. The number of amides is 2. The molecule has 1 aromatic heterocycles. The first-order valence-corrected chi connectivity index (χ1v) is 11.3. The van der Waals surface area contributed by atoms with E-state index in [1.165, 1.54) is 18.2 Å². The number of benzene rings is 3. The number of nitrogens with zero attached hydrogens (tertiary/aromatic N) is 2. The zero-order valence-corrected chi connectivity index (χ0v) is 19.4. The molecule has 0 saturated heterocycles. The predicted molar refractivity (Wildman–Crippen MR) is 129 cm³/mol. The molecule has 10 heteroatoms. The molecule has 0 saturated carbocycles. The summed E-state index contributed by atoms with van der Waals surface area (Å²) < 4.78 is 19.6. The molecule has 0 unspecified atom stereocenters. The summed E-state index contributed by atoms with van der Waals surface area (Å²) in [4.78, 5) is 25.1. The molecule has 0 spiro atoms. The van der Waals surface area contributed by atoms with Crippen LogP contribution in [0.5, 0.6) is 5.75 Å². The van der Waals surface area contributed by atoms with Crippen molar-refractivity contribution in [1.29, 1.82) is 0 Å². The maximum Gasteiger partial charge on any atom is 0.286 e. The minimum absolute atomic E-state index is 0.00177. The summed E-state index contributed by atoms with van der Waals surface area (Å²) >= 11 is 6.84. The number of aromatic nitrogens is 2. The standard InChI is InChI=1S/C24H18ClFN4O3S/c1-14-5-8-18(9-6-14)33-13-21-29-30-24(34-21)23(32)27-17-4-2-3-15(11-17)22(31)28-20-10-7-16(25)12-19(20)26/h2-12H,13H2,1H3,(H,27,32)(H,28,31). The number of halogens is 2. The Balaban J connectivity index is 1.37. The Bertz CT molecular complexity index is 1340. The molecule has 0 aliphatic rings. The van der Waals surface area contributed by atoms with E-state index >= 15 is 0 Å². The molecule has 0 atom stereocenters. The summed E-state index contributed by atoms with van der Waals surface area (Å²) in [5.74, 6) is -0.965. The van der Waals surface area contributed by atoms with Crippen LogP contribution in [0.4, 0.5) is 15.8 Å². The third-order valence-electron chi connectivity index (χ3n) is 4.61. The second-order valence-electron chi connectivity index (χ2n) is 7.22. The van der Waals surface area contributed by atoms with Crippen LogP contribution in [-0.2, 0) is 6.61 Å². The number of hydrogen-bond acceptors (Lipinski definition) is 6. The van der Waals surface area contributed by atoms with Gasteiger partial charge in [0.25, 0.3) is 11.8 Å². The zero-order valence-electron chi connectivity index (χ0n) is 17.8. The van der Waals surface area contributed by atoms with Crippen molar-refractivity contribution in [3.05, 3.63) is 98.7 Å². The van der Waals surface area contributed by atoms with E-state index in [1.54, 1.807) is 18.2 Å². The summed E-state index contributed by atoms with van der Waals surface area (Å²) in [6, 6.07) is 17.8. The first-order valence-electron chi connectivity index (χ1n) is 10.1. The van der Waals surface area contributed by atoms with E-state index in [0.29, 0.717) is 16.4 Å². The maximum atomic E-state index is 14.0. The number of carbonyl (C=O) groups excluding carboxylic acids is 2. The van der Waals surface area contributed by atoms with E-state index in [1.807, 2.05) is 31.2 Å². The minimum Gasteiger partial charge on any atom is -0.486 e. The molecule has 2 amide bonds. The van der Waals surface area contributed by atoms with Crippen LogP contribution >= 0.6 is 22.9 Å². The number of carbonyl (C=O) groups is 2. The van der Waals surface area contributed by atoms with Crippen LogP contribution in [0.2, 0.25) is 5.02 Å². The Morgan fingerprint density at radius 3 is 2.56 bits per heavy atom. The molecule has 0 radical (unpaired) electrons. The van der Waals surface area contributed by atoms with Crippen molar-refractivity contribution in [1.82, 2.24) is 10.2 Å². The van der Waals surface area contributed by atoms with E-state index < -0.39 is 17.6 Å². The molecule has 0 fully saturated rings. The molecule has 172 valence electrons. The zero-order chi connectivity index (χ0) is 24.1. The maximum absolute atomic E-state index is 14.0. The molecule has 7 nitrogen and oxygen atoms in total. The normalized spacial score (nSPS) is 10.6. The molecular weight excluding hydrogens is 479 g/mol. The van der Waals surface area contributed by atoms with Gasteiger partial charge in [-0.05, 0) is 55.5 Å². The van der Waals surface area contributed by atoms with Gasteiger partial charge in [0, 0.05) is 16.3 Å². The fourth-order valence-electron chi connectivity index (χ4n) is 2.89. The Morgan fingerprint density at radius 1 is 1.00 bits per heavy atom. The Labute approximate surface area is 203 Å². The van der Waals surface area contributed by atoms with Gasteiger partial charge in [-0.1, -0.05) is 46.7 Å². The fraction of sp³-hybridized carbons (Fsp3) is 0.0833. The van der Waals surface area contributed by atoms with Gasteiger partial charge in [0.05, 0.1) is 5.69 Å². The predicted octanol–water partition coefficient (Wildman–Crippen LogP) is 5.72. The number of aryl methyl sites for hydroxylation is 1. The smallest absolute Gasteiger partial charge is 0.286 e. The topological polar surface area (TPSA) is 93.2 Å². The Kier molecular flexibility index (Phi) is 7.15. The van der Waals surface area contributed by atoms with Crippen LogP contribution < -0.4 is 15.4 Å². The van der Waals surface area contributed by atoms with Gasteiger partial charge in [-0.3, -0.25) is 9.59 Å². The van der Waals surface area contributed by atoms with Crippen LogP contribution in [-0.4, -0.2) is 22.0 Å². The van der Waals surface area contributed by atoms with Crippen LogP contribution in [0, 0.1) is 12.7 Å². The van der Waals surface area contributed by atoms with Crippen molar-refractivity contribution >= 4 is 46.1 Å². The number of nitrogens with one attached hydrogen (secondary N) is 2. The van der Waals surface area contributed by atoms with E-state index in [9.17, 15) is 14.0 Å². The largest absolute Gasteiger partial charge is 0.486 e. The average molecular weight is 497 g/mol. The highest BCUT2D eigenvalue weighted by atomic mass is 35.5. The van der Waals surface area contributed by atoms with Gasteiger partial charge >= 0.3 is 0 Å². The van der Waals surface area contributed by atoms with E-state index in [4.69, 9.17) is 16.3 Å². The highest BCUT2D eigenvalue weighted by Crippen LogP contribution is 2.21. The lowest BCUT2D eigenvalue weighted by Crippen LogP contribution is -2.15. The van der Waals surface area contributed by atoms with Gasteiger partial charge in [0.15, 0.2) is 5.01 Å². The molecule has 0 aliphatic heterocycles. The van der Waals surface area contributed by atoms with Crippen molar-refractivity contribution in [2.45, 2.75) is 13.5 Å². The van der Waals surface area contributed by atoms with Gasteiger partial charge in [-0.25, -0.2) is 4.39 Å². The summed E-state index contributed by atoms with van der Waals surface area (Å²) in [6.45, 7) is 2.17. The lowest BCUT2D eigenvalue weighted by Gasteiger charge is -2.08. The summed E-state index contributed by atoms with van der Waals surface area (Å²) in [6.07, 6.45) is 0. The number of rotatable bonds is 7. The Hall–Kier alpha value is -3.82. The fourth-order valence-corrected chi connectivity index (χ4v) is 3.70. The Morgan fingerprint density at radius 2 is 1.79 bits per heavy atom. The minimum atomic E-state index is -0.649. The van der Waals surface area contributed by atoms with Crippen LogP contribution in [0.1, 0.15) is 30.7 Å². The molecule has 1 heterocycles. The van der Waals surface area contributed by atoms with Crippen molar-refractivity contribution in [3.63, 3.8) is 0 Å². The van der Waals surface area contributed by atoms with Crippen molar-refractivity contribution in [2.75, 3.05) is 10.6 Å². The third-order valence-corrected chi connectivity index (χ3v) is 5.74. The van der Waals surface area contributed by atoms with Crippen molar-refractivity contribution in [3.8, 4) is 5.75 Å². The number of ether oxygens (including phenoxy) is 1. The molecule has 34 heavy (non-hydrogen) atoms. The number of hydrogen-bond donors (Lipinski definition) is 2. The highest BCUT2D eigenvalue weighted by molar-refractivity contribution is 7.13. The SMILES string of the molecule is Cc1ccc(OCc2nnc(C(=O)Nc3cccc(C(=O)Nc4ccc(Cl)cc4F)c3)s2)cc1. The first-order chi connectivity index (χ1) is 16.4. The highest BCUT2D eigenvalue weighted by Gasteiger charge is 2.15. The average Bonchev–Trinajstić information content (AvgIpc) is 3.30. The molecule has 3 aromatic carbocycles. The first kappa shape index (κ1) is 23.3. The summed E-state index contributed by atoms with van der Waals surface area (Å²) in [7, 11) is 0. The van der Waals surface area contributed by atoms with Crippen LogP contribution in [0.3, 0.4) is 0 Å². The quantitative estimate of drug-likeness (QED) is 0.341. The van der Waals surface area contributed by atoms with Gasteiger partial charge in [0.2, 0.25) is 5.01 Å². The molecule has 0 bridgehead atoms.